The minimum Gasteiger partial charge on any atom is -0.326 e. The Bertz CT molecular complexity index is 294. The van der Waals surface area contributed by atoms with E-state index in [-0.39, 0.29) is 5.54 Å². The number of nitrogens with zero attached hydrogens (tertiary/aromatic N) is 1. The van der Waals surface area contributed by atoms with Crippen molar-refractivity contribution < 1.29 is 0 Å². The topological polar surface area (TPSA) is 29.3 Å². The summed E-state index contributed by atoms with van der Waals surface area (Å²) in [6.07, 6.45) is 9.60. The van der Waals surface area contributed by atoms with Crippen LogP contribution in [0.2, 0.25) is 0 Å². The van der Waals surface area contributed by atoms with Crippen LogP contribution in [-0.4, -0.2) is 29.6 Å². The lowest BCUT2D eigenvalue weighted by Gasteiger charge is -2.47. The average Bonchev–Trinajstić information content (AvgIpc) is 3.07. The molecule has 0 saturated heterocycles. The summed E-state index contributed by atoms with van der Waals surface area (Å²) in [5.41, 5.74) is 7.02. The van der Waals surface area contributed by atoms with Gasteiger partial charge in [-0.1, -0.05) is 34.1 Å². The second kappa shape index (κ2) is 6.79. The summed E-state index contributed by atoms with van der Waals surface area (Å²) in [5.74, 6) is 2.98. The molecule has 0 spiro atoms. The Morgan fingerprint density at radius 2 is 1.70 bits per heavy atom. The molecule has 2 aliphatic rings. The molecule has 0 heterocycles. The molecule has 0 radical (unpaired) electrons. The van der Waals surface area contributed by atoms with Crippen molar-refractivity contribution in [2.24, 2.45) is 23.5 Å². The van der Waals surface area contributed by atoms with E-state index >= 15 is 0 Å². The molecular weight excluding hydrogens is 244 g/mol. The van der Waals surface area contributed by atoms with Crippen molar-refractivity contribution in [2.75, 3.05) is 13.1 Å². The van der Waals surface area contributed by atoms with Gasteiger partial charge >= 0.3 is 0 Å². The zero-order valence-corrected chi connectivity index (χ0v) is 14.2. The van der Waals surface area contributed by atoms with Crippen molar-refractivity contribution >= 4 is 0 Å². The number of likely N-dealkylation sites (N-methyl/N-ethyl adjacent to an activating group) is 1. The Balaban J connectivity index is 2.04. The minimum absolute atomic E-state index is 0.228. The highest BCUT2D eigenvalue weighted by atomic mass is 15.2. The lowest BCUT2D eigenvalue weighted by Crippen LogP contribution is -2.60. The van der Waals surface area contributed by atoms with Crippen LogP contribution in [0.25, 0.3) is 0 Å². The molecule has 20 heavy (non-hydrogen) atoms. The van der Waals surface area contributed by atoms with E-state index in [9.17, 15) is 0 Å². The highest BCUT2D eigenvalue weighted by molar-refractivity contribution is 5.00. The first-order valence-electron chi connectivity index (χ1n) is 9.11. The Labute approximate surface area is 126 Å². The van der Waals surface area contributed by atoms with E-state index in [1.807, 2.05) is 0 Å². The molecule has 0 aliphatic heterocycles. The zero-order chi connectivity index (χ0) is 14.8. The Kier molecular flexibility index (Phi) is 5.53. The van der Waals surface area contributed by atoms with Crippen LogP contribution in [-0.2, 0) is 0 Å². The van der Waals surface area contributed by atoms with Crippen LogP contribution in [0, 0.1) is 17.8 Å². The number of nitrogens with two attached hydrogens (primary N) is 1. The van der Waals surface area contributed by atoms with E-state index in [2.05, 4.69) is 32.6 Å². The summed E-state index contributed by atoms with van der Waals surface area (Å²) in [6.45, 7) is 11.5. The van der Waals surface area contributed by atoms with Crippen molar-refractivity contribution in [1.29, 1.82) is 0 Å². The molecule has 2 saturated carbocycles. The molecule has 2 N–H and O–H groups in total. The molecule has 4 unspecified atom stereocenters. The van der Waals surface area contributed by atoms with E-state index in [1.165, 1.54) is 44.9 Å². The van der Waals surface area contributed by atoms with Gasteiger partial charge in [0.05, 0.1) is 0 Å². The van der Waals surface area contributed by atoms with Gasteiger partial charge in [0.1, 0.15) is 0 Å². The van der Waals surface area contributed by atoms with Crippen molar-refractivity contribution in [1.82, 2.24) is 4.90 Å². The number of fused-ring (bicyclic) bond motifs is 2. The zero-order valence-electron chi connectivity index (χ0n) is 14.2. The van der Waals surface area contributed by atoms with Crippen LogP contribution in [0.4, 0.5) is 0 Å². The second-order valence-corrected chi connectivity index (χ2v) is 7.26. The SMILES string of the molecule is CCN(CC)C(CC)(CC)C(N)CC1CC2CCC1C2. The number of rotatable bonds is 8. The molecule has 0 aromatic rings. The fraction of sp³-hybridized carbons (Fsp3) is 1.00. The largest absolute Gasteiger partial charge is 0.326 e. The van der Waals surface area contributed by atoms with E-state index < -0.39 is 0 Å². The predicted octanol–water partition coefficient (Wildman–Crippen LogP) is 4.04. The van der Waals surface area contributed by atoms with Crippen LogP contribution < -0.4 is 5.73 Å². The first kappa shape index (κ1) is 16.3. The van der Waals surface area contributed by atoms with Crippen LogP contribution in [0.5, 0.6) is 0 Å². The minimum atomic E-state index is 0.228. The lowest BCUT2D eigenvalue weighted by molar-refractivity contribution is 0.0504. The number of hydrogen-bond acceptors (Lipinski definition) is 2. The van der Waals surface area contributed by atoms with Gasteiger partial charge < -0.3 is 5.73 Å². The molecule has 2 heteroatoms. The maximum absolute atomic E-state index is 6.80. The van der Waals surface area contributed by atoms with Gasteiger partial charge in [-0.3, -0.25) is 4.90 Å². The Morgan fingerprint density at radius 3 is 2.10 bits per heavy atom. The highest BCUT2D eigenvalue weighted by Crippen LogP contribution is 2.50. The van der Waals surface area contributed by atoms with E-state index in [0.717, 1.165) is 30.8 Å². The van der Waals surface area contributed by atoms with Gasteiger partial charge in [-0.15, -0.1) is 0 Å². The normalized spacial score (nSPS) is 31.2. The molecule has 2 rings (SSSR count). The third kappa shape index (κ3) is 2.78. The van der Waals surface area contributed by atoms with Crippen LogP contribution in [0.3, 0.4) is 0 Å². The third-order valence-electron chi connectivity index (χ3n) is 6.75. The fourth-order valence-corrected chi connectivity index (χ4v) is 5.52. The van der Waals surface area contributed by atoms with Gasteiger partial charge in [0.15, 0.2) is 0 Å². The first-order valence-corrected chi connectivity index (χ1v) is 9.11. The average molecular weight is 280 g/mol. The summed E-state index contributed by atoms with van der Waals surface area (Å²) in [7, 11) is 0. The van der Waals surface area contributed by atoms with E-state index in [0.29, 0.717) is 6.04 Å². The first-order chi connectivity index (χ1) is 9.61. The monoisotopic (exact) mass is 280 g/mol. The molecule has 2 fully saturated rings. The molecule has 2 bridgehead atoms. The summed E-state index contributed by atoms with van der Waals surface area (Å²) >= 11 is 0. The molecule has 0 aromatic heterocycles. The maximum Gasteiger partial charge on any atom is 0.0355 e. The van der Waals surface area contributed by atoms with Crippen molar-refractivity contribution in [3.05, 3.63) is 0 Å². The van der Waals surface area contributed by atoms with Gasteiger partial charge in [0, 0.05) is 11.6 Å². The standard InChI is InChI=1S/C18H36N2/c1-5-18(6-2,20(7-3)8-4)17(19)13-16-12-14-9-10-15(16)11-14/h14-17H,5-13,19H2,1-4H3. The fourth-order valence-electron chi connectivity index (χ4n) is 5.52. The summed E-state index contributed by atoms with van der Waals surface area (Å²) < 4.78 is 0. The van der Waals surface area contributed by atoms with Gasteiger partial charge in [-0.2, -0.15) is 0 Å². The summed E-state index contributed by atoms with van der Waals surface area (Å²) in [6, 6.07) is 0.349. The molecule has 0 aromatic carbocycles. The van der Waals surface area contributed by atoms with Gasteiger partial charge in [0.25, 0.3) is 0 Å². The highest BCUT2D eigenvalue weighted by Gasteiger charge is 2.44. The van der Waals surface area contributed by atoms with E-state index in [1.54, 1.807) is 0 Å². The molecule has 2 aliphatic carbocycles. The molecule has 118 valence electrons. The molecule has 0 amide bonds. The van der Waals surface area contributed by atoms with Crippen LogP contribution in [0.15, 0.2) is 0 Å². The smallest absolute Gasteiger partial charge is 0.0355 e. The summed E-state index contributed by atoms with van der Waals surface area (Å²) in [5, 5.41) is 0. The van der Waals surface area contributed by atoms with Gasteiger partial charge in [0.2, 0.25) is 0 Å². The van der Waals surface area contributed by atoms with Gasteiger partial charge in [-0.25, -0.2) is 0 Å². The Hall–Kier alpha value is -0.0800. The maximum atomic E-state index is 6.80. The van der Waals surface area contributed by atoms with Crippen LogP contribution >= 0.6 is 0 Å². The van der Waals surface area contributed by atoms with Crippen molar-refractivity contribution in [2.45, 2.75) is 84.2 Å². The van der Waals surface area contributed by atoms with Gasteiger partial charge in [-0.05, 0) is 69.4 Å². The summed E-state index contributed by atoms with van der Waals surface area (Å²) in [4.78, 5) is 2.63. The predicted molar refractivity (Wildman–Crippen MR) is 87.8 cm³/mol. The molecular formula is C18H36N2. The third-order valence-corrected chi connectivity index (χ3v) is 6.75. The molecule has 2 nitrogen and oxygen atoms in total. The lowest BCUT2D eigenvalue weighted by atomic mass is 9.75. The quantitative estimate of drug-likeness (QED) is 0.727. The second-order valence-electron chi connectivity index (χ2n) is 7.26. The number of hydrogen-bond donors (Lipinski definition) is 1. The van der Waals surface area contributed by atoms with E-state index in [4.69, 9.17) is 5.73 Å². The van der Waals surface area contributed by atoms with Crippen molar-refractivity contribution in [3.63, 3.8) is 0 Å². The molecule has 4 atom stereocenters. The Morgan fingerprint density at radius 1 is 1.05 bits per heavy atom. The van der Waals surface area contributed by atoms with Crippen LogP contribution in [0.1, 0.15) is 72.6 Å². The van der Waals surface area contributed by atoms with Crippen molar-refractivity contribution in [3.8, 4) is 0 Å².